The number of carbonyl (C=O) groups is 2. The molecule has 0 spiro atoms. The Morgan fingerprint density at radius 3 is 2.81 bits per heavy atom. The fraction of sp³-hybridized carbons (Fsp3) is 0.278. The molecule has 0 aliphatic heterocycles. The van der Waals surface area contributed by atoms with E-state index >= 15 is 0 Å². The number of amides is 1. The smallest absolute Gasteiger partial charge is 0.340 e. The van der Waals surface area contributed by atoms with Gasteiger partial charge in [-0.3, -0.25) is 4.79 Å². The molecule has 134 valence electrons. The molecule has 1 aliphatic carbocycles. The van der Waals surface area contributed by atoms with Crippen LogP contribution in [0.4, 0.5) is 5.00 Å². The molecule has 8 heteroatoms. The Morgan fingerprint density at radius 2 is 2.04 bits per heavy atom. The number of halogens is 2. The van der Waals surface area contributed by atoms with Crippen molar-refractivity contribution in [3.05, 3.63) is 49.8 Å². The Balaban J connectivity index is 1.65. The van der Waals surface area contributed by atoms with Crippen LogP contribution < -0.4 is 5.32 Å². The average Bonchev–Trinajstić information content (AvgIpc) is 2.98. The molecular formula is C18H14Cl2N2O3S. The summed E-state index contributed by atoms with van der Waals surface area (Å²) < 4.78 is 5.00. The van der Waals surface area contributed by atoms with Gasteiger partial charge in [-0.1, -0.05) is 23.2 Å². The number of esters is 1. The molecule has 0 radical (unpaired) electrons. The monoisotopic (exact) mass is 408 g/mol. The topological polar surface area (TPSA) is 79.2 Å². The first kappa shape index (κ1) is 18.7. The van der Waals surface area contributed by atoms with Crippen molar-refractivity contribution in [2.45, 2.75) is 25.7 Å². The number of benzene rings is 1. The Labute approximate surface area is 164 Å². The molecule has 0 fully saturated rings. The fourth-order valence-electron chi connectivity index (χ4n) is 2.80. The van der Waals surface area contributed by atoms with E-state index in [0.717, 1.165) is 36.1 Å². The largest absolute Gasteiger partial charge is 0.452 e. The molecule has 1 N–H and O–H groups in total. The molecule has 26 heavy (non-hydrogen) atoms. The molecule has 5 nitrogen and oxygen atoms in total. The number of nitrogens with zero attached hydrogens (tertiary/aromatic N) is 1. The molecule has 1 heterocycles. The Hall–Kier alpha value is -2.07. The first-order chi connectivity index (χ1) is 12.5. The van der Waals surface area contributed by atoms with E-state index < -0.39 is 18.5 Å². The third-order valence-electron chi connectivity index (χ3n) is 4.02. The number of hydrogen-bond donors (Lipinski definition) is 1. The summed E-state index contributed by atoms with van der Waals surface area (Å²) in [6.07, 6.45) is 3.91. The molecule has 1 aliphatic rings. The van der Waals surface area contributed by atoms with E-state index in [9.17, 15) is 14.9 Å². The lowest BCUT2D eigenvalue weighted by Crippen LogP contribution is -2.21. The highest BCUT2D eigenvalue weighted by Crippen LogP contribution is 2.37. The SMILES string of the molecule is N#Cc1c(NC(=O)COC(=O)c2cc(Cl)ccc2Cl)sc2c1CCCC2. The number of rotatable bonds is 4. The Bertz CT molecular complexity index is 918. The summed E-state index contributed by atoms with van der Waals surface area (Å²) in [6.45, 7) is -0.477. The predicted molar refractivity (Wildman–Crippen MR) is 101 cm³/mol. The van der Waals surface area contributed by atoms with Crippen molar-refractivity contribution in [1.82, 2.24) is 0 Å². The summed E-state index contributed by atoms with van der Waals surface area (Å²) >= 11 is 13.2. The van der Waals surface area contributed by atoms with Gasteiger partial charge in [-0.25, -0.2) is 4.79 Å². The highest BCUT2D eigenvalue weighted by molar-refractivity contribution is 7.16. The lowest BCUT2D eigenvalue weighted by Gasteiger charge is -2.09. The first-order valence-electron chi connectivity index (χ1n) is 7.96. The third kappa shape index (κ3) is 4.01. The molecule has 0 bridgehead atoms. The van der Waals surface area contributed by atoms with Crippen LogP contribution in [-0.4, -0.2) is 18.5 Å². The van der Waals surface area contributed by atoms with Crippen molar-refractivity contribution in [2.24, 2.45) is 0 Å². The van der Waals surface area contributed by atoms with Gasteiger partial charge in [0.05, 0.1) is 16.1 Å². The second-order valence-corrected chi connectivity index (χ2v) is 7.72. The maximum absolute atomic E-state index is 12.1. The summed E-state index contributed by atoms with van der Waals surface area (Å²) in [5.74, 6) is -1.25. The number of ether oxygens (including phenoxy) is 1. The van der Waals surface area contributed by atoms with Gasteiger partial charge in [0.1, 0.15) is 11.1 Å². The van der Waals surface area contributed by atoms with Crippen molar-refractivity contribution in [3.8, 4) is 6.07 Å². The van der Waals surface area contributed by atoms with Crippen LogP contribution in [0, 0.1) is 11.3 Å². The van der Waals surface area contributed by atoms with Crippen LogP contribution in [0.2, 0.25) is 10.0 Å². The van der Waals surface area contributed by atoms with E-state index in [1.807, 2.05) is 0 Å². The van der Waals surface area contributed by atoms with Gasteiger partial charge in [-0.15, -0.1) is 11.3 Å². The average molecular weight is 409 g/mol. The lowest BCUT2D eigenvalue weighted by atomic mass is 9.96. The molecule has 0 unspecified atom stereocenters. The maximum Gasteiger partial charge on any atom is 0.340 e. The molecular weight excluding hydrogens is 395 g/mol. The molecule has 3 rings (SSSR count). The van der Waals surface area contributed by atoms with E-state index in [0.29, 0.717) is 15.6 Å². The second kappa shape index (κ2) is 8.09. The molecule has 0 saturated carbocycles. The van der Waals surface area contributed by atoms with Crippen molar-refractivity contribution < 1.29 is 14.3 Å². The van der Waals surface area contributed by atoms with Crippen LogP contribution in [0.3, 0.4) is 0 Å². The standard InChI is InChI=1S/C18H14Cl2N2O3S/c19-10-5-6-14(20)12(7-10)18(24)25-9-16(23)22-17-13(8-21)11-3-1-2-4-15(11)26-17/h5-7H,1-4,9H2,(H,22,23). The number of anilines is 1. The molecule has 1 amide bonds. The summed E-state index contributed by atoms with van der Waals surface area (Å²) in [6, 6.07) is 6.58. The van der Waals surface area contributed by atoms with E-state index in [2.05, 4.69) is 11.4 Å². The van der Waals surface area contributed by atoms with Crippen molar-refractivity contribution in [2.75, 3.05) is 11.9 Å². The maximum atomic E-state index is 12.1. The summed E-state index contributed by atoms with van der Waals surface area (Å²) in [7, 11) is 0. The summed E-state index contributed by atoms with van der Waals surface area (Å²) in [4.78, 5) is 25.3. The van der Waals surface area contributed by atoms with Gasteiger partial charge in [-0.05, 0) is 49.4 Å². The highest BCUT2D eigenvalue weighted by atomic mass is 35.5. The van der Waals surface area contributed by atoms with Gasteiger partial charge in [0.15, 0.2) is 6.61 Å². The minimum absolute atomic E-state index is 0.0938. The number of carbonyl (C=O) groups excluding carboxylic acids is 2. The number of nitriles is 1. The van der Waals surface area contributed by atoms with Gasteiger partial charge in [0.2, 0.25) is 0 Å². The number of nitrogens with one attached hydrogen (secondary N) is 1. The minimum Gasteiger partial charge on any atom is -0.452 e. The van der Waals surface area contributed by atoms with Gasteiger partial charge in [0.25, 0.3) is 5.91 Å². The van der Waals surface area contributed by atoms with Gasteiger partial charge in [-0.2, -0.15) is 5.26 Å². The lowest BCUT2D eigenvalue weighted by molar-refractivity contribution is -0.119. The van der Waals surface area contributed by atoms with E-state index in [1.54, 1.807) is 6.07 Å². The van der Waals surface area contributed by atoms with Crippen LogP contribution in [0.1, 0.15) is 39.2 Å². The Morgan fingerprint density at radius 1 is 1.27 bits per heavy atom. The molecule has 2 aromatic rings. The number of hydrogen-bond acceptors (Lipinski definition) is 5. The number of fused-ring (bicyclic) bond motifs is 1. The van der Waals surface area contributed by atoms with Gasteiger partial charge in [0, 0.05) is 9.90 Å². The quantitative estimate of drug-likeness (QED) is 0.749. The minimum atomic E-state index is -0.737. The van der Waals surface area contributed by atoms with Crippen molar-refractivity contribution >= 4 is 51.4 Å². The number of aryl methyl sites for hydroxylation is 1. The second-order valence-electron chi connectivity index (χ2n) is 5.78. The van der Waals surface area contributed by atoms with Crippen molar-refractivity contribution in [1.29, 1.82) is 5.26 Å². The van der Waals surface area contributed by atoms with Crippen LogP contribution in [-0.2, 0) is 22.4 Å². The third-order valence-corrected chi connectivity index (χ3v) is 5.79. The zero-order valence-corrected chi connectivity index (χ0v) is 15.9. The molecule has 1 aromatic heterocycles. The van der Waals surface area contributed by atoms with Crippen LogP contribution in [0.25, 0.3) is 0 Å². The van der Waals surface area contributed by atoms with E-state index in [1.165, 1.54) is 23.5 Å². The van der Waals surface area contributed by atoms with Crippen LogP contribution in [0.15, 0.2) is 18.2 Å². The van der Waals surface area contributed by atoms with Crippen molar-refractivity contribution in [3.63, 3.8) is 0 Å². The zero-order valence-electron chi connectivity index (χ0n) is 13.6. The highest BCUT2D eigenvalue weighted by Gasteiger charge is 2.22. The molecule has 1 aromatic carbocycles. The number of thiophene rings is 1. The van der Waals surface area contributed by atoms with E-state index in [-0.39, 0.29) is 10.6 Å². The summed E-state index contributed by atoms with van der Waals surface area (Å²) in [5.41, 5.74) is 1.64. The van der Waals surface area contributed by atoms with E-state index in [4.69, 9.17) is 27.9 Å². The normalized spacial score (nSPS) is 12.8. The Kier molecular flexibility index (Phi) is 5.82. The zero-order chi connectivity index (χ0) is 18.7. The molecule has 0 atom stereocenters. The predicted octanol–water partition coefficient (Wildman–Crippen LogP) is 4.60. The first-order valence-corrected chi connectivity index (χ1v) is 9.53. The van der Waals surface area contributed by atoms with Crippen LogP contribution in [0.5, 0.6) is 0 Å². The van der Waals surface area contributed by atoms with Gasteiger partial charge >= 0.3 is 5.97 Å². The van der Waals surface area contributed by atoms with Crippen LogP contribution >= 0.6 is 34.5 Å². The fourth-order valence-corrected chi connectivity index (χ4v) is 4.42. The molecule has 0 saturated heterocycles. The summed E-state index contributed by atoms with van der Waals surface area (Å²) in [5, 5.41) is 13.1. The van der Waals surface area contributed by atoms with Gasteiger partial charge < -0.3 is 10.1 Å².